The van der Waals surface area contributed by atoms with E-state index in [0.29, 0.717) is 12.4 Å². The topological polar surface area (TPSA) is 60.7 Å². The summed E-state index contributed by atoms with van der Waals surface area (Å²) in [7, 11) is 0. The molecule has 2 aromatic heterocycles. The van der Waals surface area contributed by atoms with Crippen LogP contribution in [0.15, 0.2) is 41.6 Å². The zero-order chi connectivity index (χ0) is 18.3. The number of allylic oxidation sites excluding steroid dienone is 1. The molecule has 0 aliphatic heterocycles. The van der Waals surface area contributed by atoms with Gasteiger partial charge >= 0.3 is 0 Å². The van der Waals surface area contributed by atoms with Crippen LogP contribution < -0.4 is 5.56 Å². The quantitative estimate of drug-likeness (QED) is 0.714. The summed E-state index contributed by atoms with van der Waals surface area (Å²) in [6.07, 6.45) is 8.60. The number of aryl methyl sites for hydroxylation is 3. The number of hydrogen-bond acceptors (Lipinski definition) is 4. The molecule has 0 radical (unpaired) electrons. The van der Waals surface area contributed by atoms with Crippen LogP contribution in [0.2, 0.25) is 0 Å². The molecular formula is C21H20N4O. The lowest BCUT2D eigenvalue weighted by Crippen LogP contribution is -2.28. The lowest BCUT2D eigenvalue weighted by atomic mass is 9.85. The Bertz CT molecular complexity index is 1060. The summed E-state index contributed by atoms with van der Waals surface area (Å²) in [5.41, 5.74) is 7.90. The lowest BCUT2D eigenvalue weighted by Gasteiger charge is -2.20. The van der Waals surface area contributed by atoms with E-state index in [1.54, 1.807) is 24.7 Å². The van der Waals surface area contributed by atoms with Crippen LogP contribution in [0.25, 0.3) is 17.6 Å². The molecular weight excluding hydrogens is 324 g/mol. The molecule has 4 rings (SSSR count). The highest BCUT2D eigenvalue weighted by atomic mass is 16.1. The summed E-state index contributed by atoms with van der Waals surface area (Å²) in [6.45, 7) is 6.41. The molecule has 130 valence electrons. The second kappa shape index (κ2) is 6.33. The Morgan fingerprint density at radius 3 is 2.38 bits per heavy atom. The number of hydrogen-bond donors (Lipinski definition) is 0. The third kappa shape index (κ3) is 2.75. The van der Waals surface area contributed by atoms with Crippen LogP contribution in [0.1, 0.15) is 39.8 Å². The first-order chi connectivity index (χ1) is 12.5. The van der Waals surface area contributed by atoms with Crippen molar-refractivity contribution in [1.82, 2.24) is 19.7 Å². The molecule has 0 saturated carbocycles. The number of rotatable bonds is 2. The number of aromatic nitrogens is 4. The van der Waals surface area contributed by atoms with Gasteiger partial charge in [0.2, 0.25) is 0 Å². The van der Waals surface area contributed by atoms with Crippen molar-refractivity contribution in [2.24, 2.45) is 0 Å². The normalized spacial score (nSPS) is 13.3. The first-order valence-electron chi connectivity index (χ1n) is 8.72. The Balaban J connectivity index is 1.81. The lowest BCUT2D eigenvalue weighted by molar-refractivity contribution is 0.730. The zero-order valence-corrected chi connectivity index (χ0v) is 15.2. The van der Waals surface area contributed by atoms with E-state index in [2.05, 4.69) is 54.0 Å². The molecule has 0 bridgehead atoms. The average Bonchev–Trinajstić information content (AvgIpc) is 2.62. The molecule has 1 aliphatic carbocycles. The van der Waals surface area contributed by atoms with Crippen molar-refractivity contribution in [1.29, 1.82) is 0 Å². The van der Waals surface area contributed by atoms with Gasteiger partial charge in [-0.05, 0) is 68.0 Å². The van der Waals surface area contributed by atoms with E-state index in [-0.39, 0.29) is 5.56 Å². The summed E-state index contributed by atoms with van der Waals surface area (Å²) in [6, 6.07) is 6.14. The van der Waals surface area contributed by atoms with Crippen molar-refractivity contribution in [3.63, 3.8) is 0 Å². The summed E-state index contributed by atoms with van der Waals surface area (Å²) < 4.78 is 1.28. The second-order valence-electron chi connectivity index (χ2n) is 6.79. The SMILES string of the molecule is Cc1cc(C)c(C2=Cc3cnn(-c4ncccn4)c(=O)c3CC2)c(C)c1. The van der Waals surface area contributed by atoms with Crippen LogP contribution in [0.3, 0.4) is 0 Å². The Labute approximate surface area is 152 Å². The predicted octanol–water partition coefficient (Wildman–Crippen LogP) is 3.43. The van der Waals surface area contributed by atoms with Crippen molar-refractivity contribution in [3.8, 4) is 5.95 Å². The fourth-order valence-electron chi connectivity index (χ4n) is 3.82. The maximum atomic E-state index is 12.8. The van der Waals surface area contributed by atoms with E-state index >= 15 is 0 Å². The monoisotopic (exact) mass is 344 g/mol. The van der Waals surface area contributed by atoms with E-state index < -0.39 is 0 Å². The van der Waals surface area contributed by atoms with Crippen molar-refractivity contribution in [2.45, 2.75) is 33.6 Å². The van der Waals surface area contributed by atoms with Gasteiger partial charge in [-0.3, -0.25) is 4.79 Å². The van der Waals surface area contributed by atoms with Gasteiger partial charge in [0.15, 0.2) is 0 Å². The van der Waals surface area contributed by atoms with Gasteiger partial charge in [-0.25, -0.2) is 9.97 Å². The highest BCUT2D eigenvalue weighted by molar-refractivity contribution is 5.86. The molecule has 5 heteroatoms. The number of fused-ring (bicyclic) bond motifs is 1. The Kier molecular flexibility index (Phi) is 3.99. The van der Waals surface area contributed by atoms with Crippen molar-refractivity contribution in [3.05, 3.63) is 80.5 Å². The van der Waals surface area contributed by atoms with E-state index in [1.807, 2.05) is 0 Å². The van der Waals surface area contributed by atoms with Crippen molar-refractivity contribution < 1.29 is 0 Å². The van der Waals surface area contributed by atoms with Crippen LogP contribution >= 0.6 is 0 Å². The number of benzene rings is 1. The van der Waals surface area contributed by atoms with Gasteiger partial charge in [0, 0.05) is 23.5 Å². The van der Waals surface area contributed by atoms with Gasteiger partial charge in [0.1, 0.15) is 0 Å². The van der Waals surface area contributed by atoms with E-state index in [4.69, 9.17) is 0 Å². The largest absolute Gasteiger partial charge is 0.278 e. The molecule has 2 heterocycles. The summed E-state index contributed by atoms with van der Waals surface area (Å²) in [5.74, 6) is 0.306. The molecule has 26 heavy (non-hydrogen) atoms. The molecule has 0 unspecified atom stereocenters. The Morgan fingerprint density at radius 1 is 1.00 bits per heavy atom. The third-order valence-corrected chi connectivity index (χ3v) is 4.83. The number of nitrogens with zero attached hydrogens (tertiary/aromatic N) is 4. The third-order valence-electron chi connectivity index (χ3n) is 4.83. The van der Waals surface area contributed by atoms with Gasteiger partial charge in [0.25, 0.3) is 11.5 Å². The molecule has 0 N–H and O–H groups in total. The Hall–Kier alpha value is -3.08. The molecule has 1 aromatic carbocycles. The van der Waals surface area contributed by atoms with Crippen LogP contribution in [0, 0.1) is 20.8 Å². The molecule has 0 fully saturated rings. The second-order valence-corrected chi connectivity index (χ2v) is 6.79. The van der Waals surface area contributed by atoms with Crippen LogP contribution in [-0.4, -0.2) is 19.7 Å². The van der Waals surface area contributed by atoms with Crippen molar-refractivity contribution in [2.75, 3.05) is 0 Å². The molecule has 0 spiro atoms. The van der Waals surface area contributed by atoms with E-state index in [9.17, 15) is 4.79 Å². The van der Waals surface area contributed by atoms with Crippen molar-refractivity contribution >= 4 is 11.6 Å². The highest BCUT2D eigenvalue weighted by Crippen LogP contribution is 2.33. The summed E-state index contributed by atoms with van der Waals surface area (Å²) in [5, 5.41) is 4.28. The minimum atomic E-state index is -0.138. The predicted molar refractivity (Wildman–Crippen MR) is 102 cm³/mol. The molecule has 0 amide bonds. The van der Waals surface area contributed by atoms with Gasteiger partial charge in [-0.2, -0.15) is 9.78 Å². The van der Waals surface area contributed by atoms with Crippen LogP contribution in [0.4, 0.5) is 0 Å². The highest BCUT2D eigenvalue weighted by Gasteiger charge is 2.20. The van der Waals surface area contributed by atoms with E-state index in [0.717, 1.165) is 17.5 Å². The minimum Gasteiger partial charge on any atom is -0.267 e. The smallest absolute Gasteiger partial charge is 0.267 e. The fraction of sp³-hybridized carbons (Fsp3) is 0.238. The summed E-state index contributed by atoms with van der Waals surface area (Å²) in [4.78, 5) is 21.1. The molecule has 3 aromatic rings. The van der Waals surface area contributed by atoms with Crippen LogP contribution in [-0.2, 0) is 6.42 Å². The molecule has 0 atom stereocenters. The zero-order valence-electron chi connectivity index (χ0n) is 15.2. The fourth-order valence-corrected chi connectivity index (χ4v) is 3.82. The maximum Gasteiger partial charge on any atom is 0.278 e. The molecule has 5 nitrogen and oxygen atoms in total. The average molecular weight is 344 g/mol. The maximum absolute atomic E-state index is 12.8. The van der Waals surface area contributed by atoms with Gasteiger partial charge in [-0.15, -0.1) is 0 Å². The summed E-state index contributed by atoms with van der Waals surface area (Å²) >= 11 is 0. The molecule has 1 aliphatic rings. The standard InChI is InChI=1S/C21H20N4O/c1-13-9-14(2)19(15(3)10-13)16-5-6-18-17(11-16)12-24-25(20(18)26)21-22-7-4-8-23-21/h4,7-12H,5-6H2,1-3H3. The van der Waals surface area contributed by atoms with Gasteiger partial charge in [0.05, 0.1) is 6.20 Å². The molecule has 0 saturated heterocycles. The van der Waals surface area contributed by atoms with Gasteiger partial charge in [-0.1, -0.05) is 17.7 Å². The van der Waals surface area contributed by atoms with Crippen LogP contribution in [0.5, 0.6) is 0 Å². The van der Waals surface area contributed by atoms with E-state index in [1.165, 1.54) is 32.5 Å². The Morgan fingerprint density at radius 2 is 1.69 bits per heavy atom. The first kappa shape index (κ1) is 16.4. The van der Waals surface area contributed by atoms with Gasteiger partial charge < -0.3 is 0 Å². The first-order valence-corrected chi connectivity index (χ1v) is 8.72. The minimum absolute atomic E-state index is 0.138.